The highest BCUT2D eigenvalue weighted by Gasteiger charge is 2.39. The molecule has 3 unspecified atom stereocenters. The molecule has 0 aliphatic heterocycles. The van der Waals surface area contributed by atoms with Gasteiger partial charge in [0.1, 0.15) is 5.75 Å². The molecule has 0 saturated heterocycles. The molecule has 0 spiro atoms. The smallest absolute Gasteiger partial charge is 0.118 e. The minimum Gasteiger partial charge on any atom is -0.497 e. The van der Waals surface area contributed by atoms with Crippen molar-refractivity contribution in [3.05, 3.63) is 29.8 Å². The van der Waals surface area contributed by atoms with Crippen LogP contribution in [0.25, 0.3) is 0 Å². The first-order valence-corrected chi connectivity index (χ1v) is 7.16. The number of rotatable bonds is 4. The summed E-state index contributed by atoms with van der Waals surface area (Å²) in [4.78, 5) is 0. The third-order valence-electron chi connectivity index (χ3n) is 4.82. The fourth-order valence-electron chi connectivity index (χ4n) is 3.76. The highest BCUT2D eigenvalue weighted by atomic mass is 16.5. The van der Waals surface area contributed by atoms with Crippen molar-refractivity contribution in [2.45, 2.75) is 44.7 Å². The van der Waals surface area contributed by atoms with Crippen molar-refractivity contribution in [3.8, 4) is 5.75 Å². The van der Waals surface area contributed by atoms with Crippen LogP contribution in [0.5, 0.6) is 5.75 Å². The van der Waals surface area contributed by atoms with E-state index in [2.05, 4.69) is 24.4 Å². The maximum absolute atomic E-state index is 5.20. The second-order valence-corrected chi connectivity index (χ2v) is 5.94. The third kappa shape index (κ3) is 2.26. The maximum Gasteiger partial charge on any atom is 0.118 e. The standard InChI is InChI=1S/C16H23NO/c1-11(13-5-7-15(18-2)8-6-13)17-16-10-12-3-4-14(16)9-12/h5-8,11-12,14,16-17H,3-4,9-10H2,1-2H3/t11-,12?,14?,16?/m1/s1. The Hall–Kier alpha value is -1.02. The van der Waals surface area contributed by atoms with Crippen LogP contribution in [-0.2, 0) is 0 Å². The molecule has 0 amide bonds. The molecule has 0 aromatic heterocycles. The van der Waals surface area contributed by atoms with Crippen molar-refractivity contribution in [2.24, 2.45) is 11.8 Å². The number of hydrogen-bond donors (Lipinski definition) is 1. The summed E-state index contributed by atoms with van der Waals surface area (Å²) in [6, 6.07) is 9.64. The van der Waals surface area contributed by atoms with Gasteiger partial charge in [0.25, 0.3) is 0 Å². The van der Waals surface area contributed by atoms with Gasteiger partial charge in [-0.2, -0.15) is 0 Å². The van der Waals surface area contributed by atoms with Gasteiger partial charge in [0.15, 0.2) is 0 Å². The Morgan fingerprint density at radius 3 is 2.50 bits per heavy atom. The topological polar surface area (TPSA) is 21.3 Å². The predicted octanol–water partition coefficient (Wildman–Crippen LogP) is 3.53. The highest BCUT2D eigenvalue weighted by molar-refractivity contribution is 5.28. The van der Waals surface area contributed by atoms with Gasteiger partial charge in [-0.05, 0) is 55.7 Å². The zero-order valence-electron chi connectivity index (χ0n) is 11.4. The average molecular weight is 245 g/mol. The van der Waals surface area contributed by atoms with Gasteiger partial charge in [-0.15, -0.1) is 0 Å². The summed E-state index contributed by atoms with van der Waals surface area (Å²) in [5.41, 5.74) is 1.36. The van der Waals surface area contributed by atoms with Crippen molar-refractivity contribution in [1.29, 1.82) is 0 Å². The molecule has 2 aliphatic carbocycles. The van der Waals surface area contributed by atoms with E-state index >= 15 is 0 Å². The summed E-state index contributed by atoms with van der Waals surface area (Å²) in [6.07, 6.45) is 5.77. The average Bonchev–Trinajstić information content (AvgIpc) is 3.01. The molecule has 2 aliphatic rings. The second kappa shape index (κ2) is 4.93. The zero-order chi connectivity index (χ0) is 12.5. The molecule has 3 rings (SSSR count). The molecule has 0 radical (unpaired) electrons. The predicted molar refractivity (Wildman–Crippen MR) is 73.8 cm³/mol. The van der Waals surface area contributed by atoms with Crippen LogP contribution < -0.4 is 10.1 Å². The zero-order valence-corrected chi connectivity index (χ0v) is 11.4. The number of methoxy groups -OCH3 is 1. The summed E-state index contributed by atoms with van der Waals surface area (Å²) in [6.45, 7) is 2.27. The number of nitrogens with one attached hydrogen (secondary N) is 1. The Morgan fingerprint density at radius 2 is 1.94 bits per heavy atom. The number of fused-ring (bicyclic) bond motifs is 2. The van der Waals surface area contributed by atoms with Gasteiger partial charge < -0.3 is 10.1 Å². The van der Waals surface area contributed by atoms with Crippen LogP contribution in [0.15, 0.2) is 24.3 Å². The van der Waals surface area contributed by atoms with E-state index in [9.17, 15) is 0 Å². The molecule has 2 heteroatoms. The van der Waals surface area contributed by atoms with Crippen LogP contribution >= 0.6 is 0 Å². The lowest BCUT2D eigenvalue weighted by Gasteiger charge is -2.27. The lowest BCUT2D eigenvalue weighted by Crippen LogP contribution is -2.35. The Kier molecular flexibility index (Phi) is 3.29. The molecule has 2 nitrogen and oxygen atoms in total. The van der Waals surface area contributed by atoms with Crippen LogP contribution in [0, 0.1) is 11.8 Å². The third-order valence-corrected chi connectivity index (χ3v) is 4.82. The summed E-state index contributed by atoms with van der Waals surface area (Å²) in [5.74, 6) is 2.89. The monoisotopic (exact) mass is 245 g/mol. The van der Waals surface area contributed by atoms with Crippen LogP contribution in [0.4, 0.5) is 0 Å². The summed E-state index contributed by atoms with van der Waals surface area (Å²) in [5, 5.41) is 3.82. The van der Waals surface area contributed by atoms with Gasteiger partial charge in [-0.3, -0.25) is 0 Å². The Labute approximate surface area is 110 Å². The lowest BCUT2D eigenvalue weighted by atomic mass is 9.94. The highest BCUT2D eigenvalue weighted by Crippen LogP contribution is 2.45. The molecule has 18 heavy (non-hydrogen) atoms. The van der Waals surface area contributed by atoms with E-state index in [0.717, 1.165) is 23.6 Å². The van der Waals surface area contributed by atoms with E-state index in [1.54, 1.807) is 7.11 Å². The molecule has 2 bridgehead atoms. The fraction of sp³-hybridized carbons (Fsp3) is 0.625. The van der Waals surface area contributed by atoms with Crippen LogP contribution in [-0.4, -0.2) is 13.2 Å². The largest absolute Gasteiger partial charge is 0.497 e. The molecular formula is C16H23NO. The molecule has 98 valence electrons. The van der Waals surface area contributed by atoms with Crippen molar-refractivity contribution in [1.82, 2.24) is 5.32 Å². The van der Waals surface area contributed by atoms with Crippen LogP contribution in [0.1, 0.15) is 44.2 Å². The molecule has 4 atom stereocenters. The van der Waals surface area contributed by atoms with Crippen molar-refractivity contribution in [2.75, 3.05) is 7.11 Å². The lowest BCUT2D eigenvalue weighted by molar-refractivity contribution is 0.327. The summed E-state index contributed by atoms with van der Waals surface area (Å²) >= 11 is 0. The van der Waals surface area contributed by atoms with E-state index in [4.69, 9.17) is 4.74 Å². The van der Waals surface area contributed by atoms with E-state index in [-0.39, 0.29) is 0 Å². The fourth-order valence-corrected chi connectivity index (χ4v) is 3.76. The van der Waals surface area contributed by atoms with Crippen LogP contribution in [0.2, 0.25) is 0 Å². The summed E-state index contributed by atoms with van der Waals surface area (Å²) in [7, 11) is 1.71. The van der Waals surface area contributed by atoms with Crippen molar-refractivity contribution >= 4 is 0 Å². The van der Waals surface area contributed by atoms with Crippen molar-refractivity contribution in [3.63, 3.8) is 0 Å². The Balaban J connectivity index is 1.62. The quantitative estimate of drug-likeness (QED) is 0.876. The molecule has 2 saturated carbocycles. The minimum absolute atomic E-state index is 0.445. The van der Waals surface area contributed by atoms with Gasteiger partial charge in [0, 0.05) is 12.1 Å². The maximum atomic E-state index is 5.20. The molecule has 0 heterocycles. The van der Waals surface area contributed by atoms with E-state index in [0.29, 0.717) is 6.04 Å². The SMILES string of the molecule is COc1ccc([C@@H](C)NC2CC3CCC2C3)cc1. The van der Waals surface area contributed by atoms with Crippen LogP contribution in [0.3, 0.4) is 0 Å². The molecule has 2 fully saturated rings. The first-order valence-electron chi connectivity index (χ1n) is 7.16. The van der Waals surface area contributed by atoms with E-state index in [1.165, 1.54) is 31.2 Å². The molecule has 1 N–H and O–H groups in total. The first-order chi connectivity index (χ1) is 8.76. The normalized spacial score (nSPS) is 31.6. The molecule has 1 aromatic rings. The van der Waals surface area contributed by atoms with Gasteiger partial charge in [-0.25, -0.2) is 0 Å². The van der Waals surface area contributed by atoms with Gasteiger partial charge in [0.05, 0.1) is 7.11 Å². The number of hydrogen-bond acceptors (Lipinski definition) is 2. The number of ether oxygens (including phenoxy) is 1. The van der Waals surface area contributed by atoms with Gasteiger partial charge in [0.2, 0.25) is 0 Å². The number of benzene rings is 1. The Morgan fingerprint density at radius 1 is 1.17 bits per heavy atom. The van der Waals surface area contributed by atoms with Gasteiger partial charge in [-0.1, -0.05) is 18.6 Å². The molecule has 1 aromatic carbocycles. The molecular weight excluding hydrogens is 222 g/mol. The van der Waals surface area contributed by atoms with E-state index < -0.39 is 0 Å². The van der Waals surface area contributed by atoms with Gasteiger partial charge >= 0.3 is 0 Å². The summed E-state index contributed by atoms with van der Waals surface area (Å²) < 4.78 is 5.20. The Bertz CT molecular complexity index is 400. The van der Waals surface area contributed by atoms with Crippen molar-refractivity contribution < 1.29 is 4.74 Å². The first kappa shape index (κ1) is 12.0. The minimum atomic E-state index is 0.445. The van der Waals surface area contributed by atoms with E-state index in [1.807, 2.05) is 12.1 Å². The second-order valence-electron chi connectivity index (χ2n) is 5.94.